The molecule has 7 nitrogen and oxygen atoms in total. The number of aromatic nitrogens is 6. The van der Waals surface area contributed by atoms with Crippen molar-refractivity contribution in [1.82, 2.24) is 29.4 Å². The summed E-state index contributed by atoms with van der Waals surface area (Å²) >= 11 is 0. The van der Waals surface area contributed by atoms with Gasteiger partial charge in [0.15, 0.2) is 5.65 Å². The van der Waals surface area contributed by atoms with Crippen molar-refractivity contribution < 1.29 is 13.2 Å². The fourth-order valence-electron chi connectivity index (χ4n) is 3.15. The molecule has 3 aromatic heterocycles. The van der Waals surface area contributed by atoms with Crippen LogP contribution in [0.4, 0.5) is 19.1 Å². The van der Waals surface area contributed by atoms with Crippen LogP contribution in [0.2, 0.25) is 0 Å². The maximum atomic E-state index is 13.5. The van der Waals surface area contributed by atoms with Gasteiger partial charge in [-0.2, -0.15) is 23.3 Å². The Kier molecular flexibility index (Phi) is 4.25. The van der Waals surface area contributed by atoms with Crippen LogP contribution in [0.25, 0.3) is 5.65 Å². The molecular weight excluding hydrogens is 371 g/mol. The maximum absolute atomic E-state index is 13.5. The van der Waals surface area contributed by atoms with Crippen LogP contribution in [0.5, 0.6) is 0 Å². The van der Waals surface area contributed by atoms with E-state index < -0.39 is 11.7 Å². The van der Waals surface area contributed by atoms with E-state index in [2.05, 4.69) is 36.9 Å². The highest BCUT2D eigenvalue weighted by atomic mass is 19.4. The maximum Gasteiger partial charge on any atom is 0.420 e. The minimum Gasteiger partial charge on any atom is -0.340 e. The fourth-order valence-corrected chi connectivity index (χ4v) is 3.15. The Bertz CT molecular complexity index is 1110. The summed E-state index contributed by atoms with van der Waals surface area (Å²) in [6, 6.07) is 0.923. The largest absolute Gasteiger partial charge is 0.420 e. The van der Waals surface area contributed by atoms with E-state index in [1.807, 2.05) is 0 Å². The molecule has 0 radical (unpaired) electrons. The molecule has 10 heteroatoms. The number of alkyl halides is 3. The van der Waals surface area contributed by atoms with Gasteiger partial charge in [-0.3, -0.25) is 0 Å². The van der Waals surface area contributed by atoms with Crippen molar-refractivity contribution in [2.75, 3.05) is 18.0 Å². The molecule has 0 atom stereocenters. The molecule has 0 bridgehead atoms. The molecule has 146 valence electrons. The summed E-state index contributed by atoms with van der Waals surface area (Å²) in [6.45, 7) is 5.10. The first-order chi connectivity index (χ1) is 13.2. The Balaban J connectivity index is 1.76. The monoisotopic (exact) mass is 389 g/mol. The van der Waals surface area contributed by atoms with Gasteiger partial charge >= 0.3 is 6.18 Å². The van der Waals surface area contributed by atoms with E-state index >= 15 is 0 Å². The summed E-state index contributed by atoms with van der Waals surface area (Å²) in [5.41, 5.74) is -0.0569. The van der Waals surface area contributed by atoms with E-state index in [4.69, 9.17) is 0 Å². The van der Waals surface area contributed by atoms with Gasteiger partial charge in [-0.05, 0) is 44.6 Å². The normalized spacial score (nSPS) is 14.6. The highest BCUT2D eigenvalue weighted by Gasteiger charge is 2.35. The SMILES string of the molecule is Cc1nc2c(C(F)(F)F)cc(C#Cc3nc(N4CCCC4)nn3C)nn2c1C. The molecular formula is C18H18F3N7. The van der Waals surface area contributed by atoms with Crippen molar-refractivity contribution in [3.05, 3.63) is 34.5 Å². The van der Waals surface area contributed by atoms with Crippen molar-refractivity contribution in [3.63, 3.8) is 0 Å². The molecule has 4 rings (SSSR count). The molecule has 1 aliphatic heterocycles. The lowest BCUT2D eigenvalue weighted by atomic mass is 10.2. The number of anilines is 1. The minimum atomic E-state index is -4.56. The Hall–Kier alpha value is -3.09. The molecule has 4 heterocycles. The van der Waals surface area contributed by atoms with E-state index in [0.29, 0.717) is 23.2 Å². The van der Waals surface area contributed by atoms with Crippen molar-refractivity contribution in [2.24, 2.45) is 7.05 Å². The molecule has 0 N–H and O–H groups in total. The first kappa shape index (κ1) is 18.3. The van der Waals surface area contributed by atoms with Gasteiger partial charge in [0.05, 0.1) is 11.4 Å². The zero-order valence-electron chi connectivity index (χ0n) is 15.7. The summed E-state index contributed by atoms with van der Waals surface area (Å²) in [7, 11) is 1.71. The molecule has 1 saturated heterocycles. The predicted molar refractivity (Wildman–Crippen MR) is 95.9 cm³/mol. The van der Waals surface area contributed by atoms with Crippen LogP contribution in [0.3, 0.4) is 0 Å². The van der Waals surface area contributed by atoms with Gasteiger partial charge in [-0.1, -0.05) is 0 Å². The number of nitrogens with zero attached hydrogens (tertiary/aromatic N) is 7. The Labute approximate surface area is 159 Å². The Morgan fingerprint density at radius 2 is 1.75 bits per heavy atom. The van der Waals surface area contributed by atoms with Crippen molar-refractivity contribution in [3.8, 4) is 11.8 Å². The molecule has 28 heavy (non-hydrogen) atoms. The number of aryl methyl sites for hydroxylation is 3. The lowest BCUT2D eigenvalue weighted by molar-refractivity contribution is -0.136. The van der Waals surface area contributed by atoms with Gasteiger partial charge in [0.2, 0.25) is 11.8 Å². The third-order valence-electron chi connectivity index (χ3n) is 4.79. The molecule has 0 spiro atoms. The van der Waals surface area contributed by atoms with Crippen LogP contribution < -0.4 is 4.90 Å². The molecule has 0 saturated carbocycles. The standard InChI is InChI=1S/C18H18F3N7/c1-11-12(2)28-16(22-11)14(18(19,20)21)10-13(24-28)6-7-15-23-17(25-26(15)3)27-8-4-5-9-27/h10H,4-5,8-9H2,1-3H3. The van der Waals surface area contributed by atoms with Crippen LogP contribution in [0, 0.1) is 25.7 Å². The van der Waals surface area contributed by atoms with Crippen molar-refractivity contribution >= 4 is 11.6 Å². The molecule has 0 unspecified atom stereocenters. The first-order valence-corrected chi connectivity index (χ1v) is 8.86. The Morgan fingerprint density at radius 1 is 1.04 bits per heavy atom. The quantitative estimate of drug-likeness (QED) is 0.599. The highest BCUT2D eigenvalue weighted by Crippen LogP contribution is 2.32. The van der Waals surface area contributed by atoms with Crippen molar-refractivity contribution in [1.29, 1.82) is 0 Å². The van der Waals surface area contributed by atoms with Gasteiger partial charge in [-0.15, -0.1) is 5.10 Å². The van der Waals surface area contributed by atoms with Crippen LogP contribution in [0.15, 0.2) is 6.07 Å². The van der Waals surface area contributed by atoms with Crippen molar-refractivity contribution in [2.45, 2.75) is 32.9 Å². The van der Waals surface area contributed by atoms with Crippen LogP contribution in [0.1, 0.15) is 41.3 Å². The summed E-state index contributed by atoms with van der Waals surface area (Å²) in [6.07, 6.45) is -2.38. The predicted octanol–water partition coefficient (Wildman–Crippen LogP) is 2.49. The molecule has 1 fully saturated rings. The fraction of sp³-hybridized carbons (Fsp3) is 0.444. The number of rotatable bonds is 1. The van der Waals surface area contributed by atoms with Gasteiger partial charge in [0, 0.05) is 20.1 Å². The molecule has 0 aliphatic carbocycles. The highest BCUT2D eigenvalue weighted by molar-refractivity contribution is 5.53. The van der Waals surface area contributed by atoms with E-state index in [1.54, 1.807) is 20.9 Å². The average Bonchev–Trinajstić information content (AvgIpc) is 3.33. The second-order valence-corrected chi connectivity index (χ2v) is 6.76. The average molecular weight is 389 g/mol. The lowest BCUT2D eigenvalue weighted by Crippen LogP contribution is -2.19. The summed E-state index contributed by atoms with van der Waals surface area (Å²) < 4.78 is 43.2. The topological polar surface area (TPSA) is 64.1 Å². The van der Waals surface area contributed by atoms with E-state index in [9.17, 15) is 13.2 Å². The van der Waals surface area contributed by atoms with Gasteiger partial charge < -0.3 is 4.90 Å². The van der Waals surface area contributed by atoms with Crippen LogP contribution >= 0.6 is 0 Å². The molecule has 0 aromatic carbocycles. The van der Waals surface area contributed by atoms with Gasteiger partial charge in [0.1, 0.15) is 11.3 Å². The Morgan fingerprint density at radius 3 is 2.43 bits per heavy atom. The van der Waals surface area contributed by atoms with Gasteiger partial charge in [0.25, 0.3) is 0 Å². The van der Waals surface area contributed by atoms with E-state index in [-0.39, 0.29) is 11.3 Å². The van der Waals surface area contributed by atoms with Gasteiger partial charge in [-0.25, -0.2) is 14.2 Å². The smallest absolute Gasteiger partial charge is 0.340 e. The minimum absolute atomic E-state index is 0.00829. The summed E-state index contributed by atoms with van der Waals surface area (Å²) in [5, 5.41) is 8.55. The number of fused-ring (bicyclic) bond motifs is 1. The molecule has 1 aliphatic rings. The first-order valence-electron chi connectivity index (χ1n) is 8.86. The van der Waals surface area contributed by atoms with E-state index in [0.717, 1.165) is 32.0 Å². The van der Waals surface area contributed by atoms with Crippen LogP contribution in [-0.2, 0) is 13.2 Å². The third kappa shape index (κ3) is 3.17. The second-order valence-electron chi connectivity index (χ2n) is 6.76. The number of hydrogen-bond acceptors (Lipinski definition) is 5. The third-order valence-corrected chi connectivity index (χ3v) is 4.79. The molecule has 0 amide bonds. The number of imidazole rings is 1. The zero-order valence-corrected chi connectivity index (χ0v) is 15.7. The van der Waals surface area contributed by atoms with Crippen LogP contribution in [-0.4, -0.2) is 42.5 Å². The number of halogens is 3. The summed E-state index contributed by atoms with van der Waals surface area (Å²) in [4.78, 5) is 10.5. The van der Waals surface area contributed by atoms with E-state index in [1.165, 1.54) is 9.20 Å². The molecule has 3 aromatic rings. The zero-order chi connectivity index (χ0) is 20.1. The summed E-state index contributed by atoms with van der Waals surface area (Å²) in [5.74, 6) is 6.45. The lowest BCUT2D eigenvalue weighted by Gasteiger charge is -2.10. The number of hydrogen-bond donors (Lipinski definition) is 0. The second kappa shape index (κ2) is 6.51.